The third kappa shape index (κ3) is 3.19. The third-order valence-electron chi connectivity index (χ3n) is 2.90. The molecule has 0 saturated carbocycles. The van der Waals surface area contributed by atoms with E-state index in [1.807, 2.05) is 19.1 Å². The van der Waals surface area contributed by atoms with Crippen molar-refractivity contribution in [2.75, 3.05) is 20.0 Å². The van der Waals surface area contributed by atoms with Crippen LogP contribution in [-0.4, -0.2) is 25.8 Å². The summed E-state index contributed by atoms with van der Waals surface area (Å²) in [7, 11) is 0. The molecule has 0 bridgehead atoms. The van der Waals surface area contributed by atoms with Crippen LogP contribution in [0.2, 0.25) is 5.02 Å². The Kier molecular flexibility index (Phi) is 4.17. The molecule has 0 amide bonds. The van der Waals surface area contributed by atoms with E-state index in [4.69, 9.17) is 21.1 Å². The Balaban J connectivity index is 2.04. The number of hydrogen-bond donors (Lipinski definition) is 0. The van der Waals surface area contributed by atoms with Crippen molar-refractivity contribution < 1.29 is 14.3 Å². The molecule has 0 N–H and O–H groups in total. The third-order valence-corrected chi connectivity index (χ3v) is 3.15. The predicted molar refractivity (Wildman–Crippen MR) is 70.4 cm³/mol. The number of benzene rings is 1. The van der Waals surface area contributed by atoms with Crippen LogP contribution in [0, 0.1) is 5.41 Å². The summed E-state index contributed by atoms with van der Waals surface area (Å²) >= 11 is 5.79. The van der Waals surface area contributed by atoms with Crippen LogP contribution in [0.4, 0.5) is 0 Å². The van der Waals surface area contributed by atoms with E-state index in [1.54, 1.807) is 24.3 Å². The van der Waals surface area contributed by atoms with Gasteiger partial charge in [-0.05, 0) is 30.7 Å². The van der Waals surface area contributed by atoms with E-state index in [0.717, 1.165) is 5.56 Å². The number of carbonyl (C=O) groups is 1. The Morgan fingerprint density at radius 2 is 1.89 bits per heavy atom. The molecule has 0 atom stereocenters. The topological polar surface area (TPSA) is 35.5 Å². The molecule has 0 aromatic heterocycles. The number of hydrogen-bond acceptors (Lipinski definition) is 3. The van der Waals surface area contributed by atoms with Crippen LogP contribution in [0.25, 0.3) is 6.08 Å². The lowest BCUT2D eigenvalue weighted by Gasteiger charge is -2.30. The number of halogens is 1. The summed E-state index contributed by atoms with van der Waals surface area (Å²) < 4.78 is 10.4. The quantitative estimate of drug-likeness (QED) is 0.789. The second-order valence-corrected chi connectivity index (χ2v) is 5.06. The van der Waals surface area contributed by atoms with Crippen LogP contribution in [0.15, 0.2) is 30.3 Å². The number of ketones is 1. The zero-order valence-electron chi connectivity index (χ0n) is 10.2. The second kappa shape index (κ2) is 5.65. The van der Waals surface area contributed by atoms with Gasteiger partial charge >= 0.3 is 0 Å². The van der Waals surface area contributed by atoms with Crippen molar-refractivity contribution in [1.82, 2.24) is 0 Å². The van der Waals surface area contributed by atoms with Gasteiger partial charge in [-0.25, -0.2) is 0 Å². The van der Waals surface area contributed by atoms with Crippen LogP contribution < -0.4 is 0 Å². The normalized spacial score (nSPS) is 19.0. The van der Waals surface area contributed by atoms with E-state index < -0.39 is 5.41 Å². The maximum atomic E-state index is 12.1. The van der Waals surface area contributed by atoms with Gasteiger partial charge in [0, 0.05) is 5.02 Å². The predicted octanol–water partition coefficient (Wildman–Crippen LogP) is 2.93. The zero-order chi connectivity index (χ0) is 13.0. The van der Waals surface area contributed by atoms with Crippen molar-refractivity contribution in [3.05, 3.63) is 40.9 Å². The molecule has 1 aliphatic rings. The molecule has 96 valence electrons. The molecule has 0 spiro atoms. The molecule has 2 rings (SSSR count). The van der Waals surface area contributed by atoms with Crippen LogP contribution >= 0.6 is 11.6 Å². The number of rotatable bonds is 3. The Bertz CT molecular complexity index is 445. The molecule has 1 aliphatic heterocycles. The molecule has 1 aromatic rings. The molecule has 1 fully saturated rings. The van der Waals surface area contributed by atoms with Crippen LogP contribution in [0.3, 0.4) is 0 Å². The first-order valence-corrected chi connectivity index (χ1v) is 6.11. The molecular weight excluding hydrogens is 252 g/mol. The molecule has 4 heteroatoms. The van der Waals surface area contributed by atoms with Gasteiger partial charge in [-0.1, -0.05) is 29.8 Å². The van der Waals surface area contributed by atoms with Gasteiger partial charge in [0.2, 0.25) is 0 Å². The van der Waals surface area contributed by atoms with Crippen molar-refractivity contribution in [2.45, 2.75) is 6.92 Å². The lowest BCUT2D eigenvalue weighted by Crippen LogP contribution is -2.40. The maximum Gasteiger partial charge on any atom is 0.166 e. The van der Waals surface area contributed by atoms with Crippen molar-refractivity contribution in [2.24, 2.45) is 5.41 Å². The van der Waals surface area contributed by atoms with E-state index in [2.05, 4.69) is 0 Å². The SMILES string of the molecule is CC1(C(=O)C=Cc2ccc(Cl)cc2)COCOC1. The summed E-state index contributed by atoms with van der Waals surface area (Å²) in [6.07, 6.45) is 3.35. The minimum Gasteiger partial charge on any atom is -0.354 e. The fraction of sp³-hybridized carbons (Fsp3) is 0.357. The first-order chi connectivity index (χ1) is 8.60. The zero-order valence-corrected chi connectivity index (χ0v) is 10.9. The van der Waals surface area contributed by atoms with Gasteiger partial charge in [0.05, 0.1) is 18.6 Å². The van der Waals surface area contributed by atoms with Gasteiger partial charge < -0.3 is 9.47 Å². The summed E-state index contributed by atoms with van der Waals surface area (Å²) in [5.41, 5.74) is 0.357. The fourth-order valence-electron chi connectivity index (χ4n) is 1.72. The number of carbonyl (C=O) groups excluding carboxylic acids is 1. The fourth-order valence-corrected chi connectivity index (χ4v) is 1.85. The summed E-state index contributed by atoms with van der Waals surface area (Å²) in [6, 6.07) is 7.31. The average Bonchev–Trinajstić information content (AvgIpc) is 2.38. The Morgan fingerprint density at radius 3 is 2.50 bits per heavy atom. The van der Waals surface area contributed by atoms with Crippen LogP contribution in [0.1, 0.15) is 12.5 Å². The van der Waals surface area contributed by atoms with Crippen LogP contribution in [0.5, 0.6) is 0 Å². The highest BCUT2D eigenvalue weighted by atomic mass is 35.5. The van der Waals surface area contributed by atoms with Gasteiger partial charge in [-0.15, -0.1) is 0 Å². The lowest BCUT2D eigenvalue weighted by atomic mass is 9.86. The molecular formula is C14H15ClO3. The molecule has 1 heterocycles. The number of ether oxygens (including phenoxy) is 2. The minimum absolute atomic E-state index is 0.0113. The van der Waals surface area contributed by atoms with Crippen molar-refractivity contribution in [1.29, 1.82) is 0 Å². The Labute approximate surface area is 111 Å². The largest absolute Gasteiger partial charge is 0.354 e. The summed E-state index contributed by atoms with van der Waals surface area (Å²) in [4.78, 5) is 12.1. The van der Waals surface area contributed by atoms with Gasteiger partial charge in [-0.3, -0.25) is 4.79 Å². The molecule has 0 unspecified atom stereocenters. The average molecular weight is 267 g/mol. The maximum absolute atomic E-state index is 12.1. The van der Waals surface area contributed by atoms with Gasteiger partial charge in [0.25, 0.3) is 0 Å². The van der Waals surface area contributed by atoms with E-state index >= 15 is 0 Å². The molecule has 3 nitrogen and oxygen atoms in total. The van der Waals surface area contributed by atoms with E-state index in [-0.39, 0.29) is 12.6 Å². The molecule has 0 radical (unpaired) electrons. The molecule has 1 saturated heterocycles. The Morgan fingerprint density at radius 1 is 1.28 bits per heavy atom. The first-order valence-electron chi connectivity index (χ1n) is 5.74. The standard InChI is InChI=1S/C14H15ClO3/c1-14(8-17-10-18-9-14)13(16)7-4-11-2-5-12(15)6-3-11/h2-7H,8-10H2,1H3. The van der Waals surface area contributed by atoms with E-state index in [0.29, 0.717) is 18.2 Å². The van der Waals surface area contributed by atoms with Crippen molar-refractivity contribution in [3.8, 4) is 0 Å². The highest BCUT2D eigenvalue weighted by Crippen LogP contribution is 2.23. The summed E-state index contributed by atoms with van der Waals surface area (Å²) in [5, 5.41) is 0.680. The van der Waals surface area contributed by atoms with Crippen LogP contribution in [-0.2, 0) is 14.3 Å². The number of allylic oxidation sites excluding steroid dienone is 1. The van der Waals surface area contributed by atoms with Gasteiger partial charge in [0.1, 0.15) is 6.79 Å². The van der Waals surface area contributed by atoms with E-state index in [1.165, 1.54) is 0 Å². The summed E-state index contributed by atoms with van der Waals surface area (Å²) in [6.45, 7) is 2.91. The first kappa shape index (κ1) is 13.3. The van der Waals surface area contributed by atoms with Crippen molar-refractivity contribution in [3.63, 3.8) is 0 Å². The smallest absolute Gasteiger partial charge is 0.166 e. The Hall–Kier alpha value is -1.16. The monoisotopic (exact) mass is 266 g/mol. The molecule has 1 aromatic carbocycles. The molecule has 0 aliphatic carbocycles. The second-order valence-electron chi connectivity index (χ2n) is 4.62. The van der Waals surface area contributed by atoms with Gasteiger partial charge in [-0.2, -0.15) is 0 Å². The highest BCUT2D eigenvalue weighted by molar-refractivity contribution is 6.30. The minimum atomic E-state index is -0.582. The highest BCUT2D eigenvalue weighted by Gasteiger charge is 2.34. The van der Waals surface area contributed by atoms with Gasteiger partial charge in [0.15, 0.2) is 5.78 Å². The lowest BCUT2D eigenvalue weighted by molar-refractivity contribution is -0.168. The van der Waals surface area contributed by atoms with Crippen molar-refractivity contribution >= 4 is 23.5 Å². The van der Waals surface area contributed by atoms with E-state index in [9.17, 15) is 4.79 Å². The summed E-state index contributed by atoms with van der Waals surface area (Å²) in [5.74, 6) is 0.0113. The molecule has 18 heavy (non-hydrogen) atoms.